The Balaban J connectivity index is 3.12. The van der Waals surface area contributed by atoms with Crippen molar-refractivity contribution >= 4 is 5.82 Å². The third-order valence-corrected chi connectivity index (χ3v) is 2.76. The van der Waals surface area contributed by atoms with E-state index < -0.39 is 0 Å². The lowest BCUT2D eigenvalue weighted by molar-refractivity contribution is 0.181. The van der Waals surface area contributed by atoms with Crippen molar-refractivity contribution in [1.29, 1.82) is 0 Å². The van der Waals surface area contributed by atoms with Crippen LogP contribution in [-0.2, 0) is 16.8 Å². The van der Waals surface area contributed by atoms with Crippen LogP contribution in [0.15, 0.2) is 6.07 Å². The molecule has 0 radical (unpaired) electrons. The first-order valence-electron chi connectivity index (χ1n) is 6.82. The quantitative estimate of drug-likeness (QED) is 0.820. The van der Waals surface area contributed by atoms with Gasteiger partial charge in [0, 0.05) is 32.2 Å². The Kier molecular flexibility index (Phi) is 5.29. The Morgan fingerprint density at radius 1 is 1.26 bits per heavy atom. The maximum absolute atomic E-state index is 5.20. The van der Waals surface area contributed by atoms with E-state index in [1.54, 1.807) is 7.11 Å². The molecular formula is C15H27N3O. The molecule has 4 nitrogen and oxygen atoms in total. The molecule has 0 bridgehead atoms. The standard InChI is InChI=1S/C15H27N3O/c1-11(2)9-18(6)13-8-12(10-19-7)16-14(17-13)15(3,4)5/h8,11H,9-10H2,1-7H3. The van der Waals surface area contributed by atoms with Gasteiger partial charge in [-0.1, -0.05) is 34.6 Å². The molecule has 1 heterocycles. The Morgan fingerprint density at radius 3 is 2.37 bits per heavy atom. The predicted molar refractivity (Wildman–Crippen MR) is 79.6 cm³/mol. The van der Waals surface area contributed by atoms with Crippen LogP contribution in [0.3, 0.4) is 0 Å². The first-order chi connectivity index (χ1) is 8.74. The SMILES string of the molecule is COCc1cc(N(C)CC(C)C)nc(C(C)(C)C)n1. The van der Waals surface area contributed by atoms with E-state index in [1.807, 2.05) is 6.07 Å². The average Bonchev–Trinajstić information content (AvgIpc) is 2.27. The van der Waals surface area contributed by atoms with E-state index in [0.29, 0.717) is 12.5 Å². The smallest absolute Gasteiger partial charge is 0.136 e. The second-order valence-electron chi connectivity index (χ2n) is 6.50. The lowest BCUT2D eigenvalue weighted by atomic mass is 9.95. The van der Waals surface area contributed by atoms with Gasteiger partial charge in [0.2, 0.25) is 0 Å². The van der Waals surface area contributed by atoms with Crippen LogP contribution in [-0.4, -0.2) is 30.7 Å². The van der Waals surface area contributed by atoms with Gasteiger partial charge < -0.3 is 9.64 Å². The van der Waals surface area contributed by atoms with Crippen LogP contribution in [0.25, 0.3) is 0 Å². The van der Waals surface area contributed by atoms with Crippen molar-refractivity contribution in [3.8, 4) is 0 Å². The van der Waals surface area contributed by atoms with E-state index in [0.717, 1.165) is 23.9 Å². The number of anilines is 1. The van der Waals surface area contributed by atoms with Gasteiger partial charge in [0.15, 0.2) is 0 Å². The van der Waals surface area contributed by atoms with Gasteiger partial charge in [0.05, 0.1) is 12.3 Å². The first-order valence-corrected chi connectivity index (χ1v) is 6.82. The zero-order valence-electron chi connectivity index (χ0n) is 13.3. The van der Waals surface area contributed by atoms with E-state index in [1.165, 1.54) is 0 Å². The molecule has 4 heteroatoms. The summed E-state index contributed by atoms with van der Waals surface area (Å²) in [6.07, 6.45) is 0. The monoisotopic (exact) mass is 265 g/mol. The molecular weight excluding hydrogens is 238 g/mol. The normalized spacial score (nSPS) is 12.0. The fourth-order valence-electron chi connectivity index (χ4n) is 1.88. The third-order valence-electron chi connectivity index (χ3n) is 2.76. The van der Waals surface area contributed by atoms with Crippen LogP contribution in [0.5, 0.6) is 0 Å². The van der Waals surface area contributed by atoms with Crippen molar-refractivity contribution in [1.82, 2.24) is 9.97 Å². The molecule has 1 rings (SSSR count). The summed E-state index contributed by atoms with van der Waals surface area (Å²) in [4.78, 5) is 11.5. The van der Waals surface area contributed by atoms with Gasteiger partial charge in [0.1, 0.15) is 11.6 Å². The molecule has 108 valence electrons. The zero-order valence-corrected chi connectivity index (χ0v) is 13.3. The van der Waals surface area contributed by atoms with E-state index >= 15 is 0 Å². The average molecular weight is 265 g/mol. The summed E-state index contributed by atoms with van der Waals surface area (Å²) >= 11 is 0. The summed E-state index contributed by atoms with van der Waals surface area (Å²) in [6.45, 7) is 12.3. The van der Waals surface area contributed by atoms with Crippen molar-refractivity contribution in [3.05, 3.63) is 17.6 Å². The minimum Gasteiger partial charge on any atom is -0.378 e. The van der Waals surface area contributed by atoms with Crippen LogP contribution in [0.1, 0.15) is 46.1 Å². The topological polar surface area (TPSA) is 38.2 Å². The number of hydrogen-bond donors (Lipinski definition) is 0. The maximum Gasteiger partial charge on any atom is 0.136 e. The van der Waals surface area contributed by atoms with Crippen LogP contribution < -0.4 is 4.90 Å². The van der Waals surface area contributed by atoms with Crippen molar-refractivity contribution < 1.29 is 4.74 Å². The van der Waals surface area contributed by atoms with Crippen molar-refractivity contribution in [2.45, 2.75) is 46.6 Å². The number of methoxy groups -OCH3 is 1. The molecule has 0 atom stereocenters. The van der Waals surface area contributed by atoms with Crippen molar-refractivity contribution in [2.24, 2.45) is 5.92 Å². The number of ether oxygens (including phenoxy) is 1. The Labute approximate surface area is 117 Å². The van der Waals surface area contributed by atoms with Gasteiger partial charge in [-0.3, -0.25) is 0 Å². The molecule has 0 spiro atoms. The second kappa shape index (κ2) is 6.33. The molecule has 0 aliphatic carbocycles. The lowest BCUT2D eigenvalue weighted by Gasteiger charge is -2.24. The van der Waals surface area contributed by atoms with Gasteiger partial charge in [-0.2, -0.15) is 0 Å². The van der Waals surface area contributed by atoms with Gasteiger partial charge in [-0.05, 0) is 5.92 Å². The maximum atomic E-state index is 5.20. The molecule has 0 amide bonds. The second-order valence-corrected chi connectivity index (χ2v) is 6.50. The highest BCUT2D eigenvalue weighted by Crippen LogP contribution is 2.22. The number of aromatic nitrogens is 2. The number of nitrogens with zero attached hydrogens (tertiary/aromatic N) is 3. The first kappa shape index (κ1) is 15.9. The summed E-state index contributed by atoms with van der Waals surface area (Å²) in [6, 6.07) is 2.02. The summed E-state index contributed by atoms with van der Waals surface area (Å²) in [5.41, 5.74) is 0.880. The van der Waals surface area contributed by atoms with Crippen LogP contribution >= 0.6 is 0 Å². The highest BCUT2D eigenvalue weighted by molar-refractivity contribution is 5.39. The Hall–Kier alpha value is -1.16. The summed E-state index contributed by atoms with van der Waals surface area (Å²) in [7, 11) is 3.77. The third kappa shape index (κ3) is 4.78. The lowest BCUT2D eigenvalue weighted by Crippen LogP contribution is -2.26. The minimum atomic E-state index is -0.0584. The highest BCUT2D eigenvalue weighted by atomic mass is 16.5. The van der Waals surface area contributed by atoms with Crippen LogP contribution in [0.4, 0.5) is 5.82 Å². The molecule has 0 aliphatic rings. The molecule has 0 N–H and O–H groups in total. The fourth-order valence-corrected chi connectivity index (χ4v) is 1.88. The van der Waals surface area contributed by atoms with Crippen molar-refractivity contribution in [3.63, 3.8) is 0 Å². The van der Waals surface area contributed by atoms with Crippen LogP contribution in [0, 0.1) is 5.92 Å². The van der Waals surface area contributed by atoms with Gasteiger partial charge in [-0.25, -0.2) is 9.97 Å². The van der Waals surface area contributed by atoms with E-state index in [-0.39, 0.29) is 5.41 Å². The molecule has 0 aliphatic heterocycles. The van der Waals surface area contributed by atoms with Gasteiger partial charge in [0.25, 0.3) is 0 Å². The minimum absolute atomic E-state index is 0.0584. The number of rotatable bonds is 5. The van der Waals surface area contributed by atoms with E-state index in [9.17, 15) is 0 Å². The van der Waals surface area contributed by atoms with Crippen molar-refractivity contribution in [2.75, 3.05) is 25.6 Å². The summed E-state index contributed by atoms with van der Waals surface area (Å²) < 4.78 is 5.20. The summed E-state index contributed by atoms with van der Waals surface area (Å²) in [5, 5.41) is 0. The molecule has 0 saturated carbocycles. The molecule has 0 aromatic carbocycles. The Bertz CT molecular complexity index is 410. The molecule has 1 aromatic heterocycles. The zero-order chi connectivity index (χ0) is 14.6. The molecule has 19 heavy (non-hydrogen) atoms. The van der Waals surface area contributed by atoms with E-state index in [4.69, 9.17) is 9.72 Å². The number of hydrogen-bond acceptors (Lipinski definition) is 4. The van der Waals surface area contributed by atoms with Crippen LogP contribution in [0.2, 0.25) is 0 Å². The Morgan fingerprint density at radius 2 is 1.89 bits per heavy atom. The van der Waals surface area contributed by atoms with Gasteiger partial charge >= 0.3 is 0 Å². The molecule has 0 fully saturated rings. The van der Waals surface area contributed by atoms with E-state index in [2.05, 4.69) is 51.6 Å². The molecule has 1 aromatic rings. The summed E-state index contributed by atoms with van der Waals surface area (Å²) in [5.74, 6) is 2.44. The fraction of sp³-hybridized carbons (Fsp3) is 0.733. The predicted octanol–water partition coefficient (Wildman–Crippen LogP) is 3.01. The molecule has 0 unspecified atom stereocenters. The largest absolute Gasteiger partial charge is 0.378 e. The highest BCUT2D eigenvalue weighted by Gasteiger charge is 2.20. The molecule has 0 saturated heterocycles. The van der Waals surface area contributed by atoms with Gasteiger partial charge in [-0.15, -0.1) is 0 Å².